The van der Waals surface area contributed by atoms with E-state index in [1.54, 1.807) is 26.1 Å². The number of carbonyl (C=O) groups is 2. The lowest BCUT2D eigenvalue weighted by molar-refractivity contribution is -0.0440. The third-order valence-electron chi connectivity index (χ3n) is 5.39. The number of aromatic nitrogens is 1. The zero-order chi connectivity index (χ0) is 23.8. The van der Waals surface area contributed by atoms with Crippen LogP contribution in [0, 0.1) is 0 Å². The summed E-state index contributed by atoms with van der Waals surface area (Å²) in [6, 6.07) is 11.2. The molecule has 2 unspecified atom stereocenters. The minimum atomic E-state index is -3.96. The fourth-order valence-electron chi connectivity index (χ4n) is 3.89. The smallest absolute Gasteiger partial charge is 0.338 e. The van der Waals surface area contributed by atoms with Gasteiger partial charge in [-0.3, -0.25) is 4.79 Å². The quantitative estimate of drug-likeness (QED) is 0.417. The molecule has 174 valence electrons. The summed E-state index contributed by atoms with van der Waals surface area (Å²) in [6.07, 6.45) is 1.02. The second-order valence-corrected chi connectivity index (χ2v) is 10.3. The van der Waals surface area contributed by atoms with E-state index in [2.05, 4.69) is 4.98 Å². The molecule has 1 aromatic heterocycles. The lowest BCUT2D eigenvalue weighted by atomic mass is 10.1. The summed E-state index contributed by atoms with van der Waals surface area (Å²) in [5, 5.41) is 0.723. The zero-order valence-electron chi connectivity index (χ0n) is 18.1. The van der Waals surface area contributed by atoms with Crippen molar-refractivity contribution in [2.45, 2.75) is 31.0 Å². The molecule has 2 heterocycles. The summed E-state index contributed by atoms with van der Waals surface area (Å²) >= 11 is 6.18. The molecular weight excluding hydrogens is 468 g/mol. The number of para-hydroxylation sites is 1. The van der Waals surface area contributed by atoms with Gasteiger partial charge in [-0.2, -0.15) is 4.31 Å². The van der Waals surface area contributed by atoms with Crippen LogP contribution in [0.5, 0.6) is 0 Å². The second-order valence-electron chi connectivity index (χ2n) is 7.97. The minimum absolute atomic E-state index is 0.00628. The van der Waals surface area contributed by atoms with Gasteiger partial charge in [-0.25, -0.2) is 13.2 Å². The number of hydrogen-bond donors (Lipinski definition) is 1. The van der Waals surface area contributed by atoms with Crippen LogP contribution in [-0.2, 0) is 19.5 Å². The van der Waals surface area contributed by atoms with Crippen molar-refractivity contribution >= 4 is 44.3 Å². The Bertz CT molecular complexity index is 1310. The summed E-state index contributed by atoms with van der Waals surface area (Å²) in [6.45, 7) is 3.45. The largest absolute Gasteiger partial charge is 0.454 e. The van der Waals surface area contributed by atoms with Gasteiger partial charge in [0.15, 0.2) is 6.61 Å². The van der Waals surface area contributed by atoms with Crippen LogP contribution in [-0.4, -0.2) is 61.4 Å². The third-order valence-corrected chi connectivity index (χ3v) is 7.71. The summed E-state index contributed by atoms with van der Waals surface area (Å²) in [5.74, 6) is -1.20. The number of hydrogen-bond acceptors (Lipinski definition) is 6. The Morgan fingerprint density at radius 1 is 1.15 bits per heavy atom. The van der Waals surface area contributed by atoms with E-state index in [0.717, 1.165) is 10.9 Å². The van der Waals surface area contributed by atoms with Gasteiger partial charge in [0.05, 0.1) is 22.8 Å². The monoisotopic (exact) mass is 490 g/mol. The van der Waals surface area contributed by atoms with E-state index < -0.39 is 22.6 Å². The van der Waals surface area contributed by atoms with E-state index in [4.69, 9.17) is 21.1 Å². The highest BCUT2D eigenvalue weighted by Gasteiger charge is 2.34. The first-order valence-corrected chi connectivity index (χ1v) is 12.2. The fourth-order valence-corrected chi connectivity index (χ4v) is 5.98. The Morgan fingerprint density at radius 2 is 1.85 bits per heavy atom. The number of H-pyrrole nitrogens is 1. The van der Waals surface area contributed by atoms with Crippen molar-refractivity contribution in [3.63, 3.8) is 0 Å². The van der Waals surface area contributed by atoms with Gasteiger partial charge >= 0.3 is 5.97 Å². The van der Waals surface area contributed by atoms with Crippen molar-refractivity contribution in [2.75, 3.05) is 19.7 Å². The molecule has 0 spiro atoms. The predicted molar refractivity (Wildman–Crippen MR) is 123 cm³/mol. The molecule has 1 aliphatic rings. The van der Waals surface area contributed by atoms with Crippen molar-refractivity contribution in [1.29, 1.82) is 0 Å². The molecule has 4 rings (SSSR count). The minimum Gasteiger partial charge on any atom is -0.454 e. The number of sulfonamides is 1. The molecule has 33 heavy (non-hydrogen) atoms. The standard InChI is InChI=1S/C23H23ClN2O6S/c1-14-11-26(12-15(2)32-14)33(29,30)22-9-16(7-8-19(22)24)23(28)31-13-21(27)18-10-25-20-6-4-3-5-17(18)20/h3-10,14-15,25H,11-13H2,1-2H3. The molecule has 3 aromatic rings. The molecule has 1 fully saturated rings. The van der Waals surface area contributed by atoms with Gasteiger partial charge < -0.3 is 14.5 Å². The SMILES string of the molecule is CC1CN(S(=O)(=O)c2cc(C(=O)OCC(=O)c3c[nH]c4ccccc34)ccc2Cl)CC(C)O1. The molecule has 0 radical (unpaired) electrons. The van der Waals surface area contributed by atoms with E-state index in [9.17, 15) is 18.0 Å². The lowest BCUT2D eigenvalue weighted by Crippen LogP contribution is -2.48. The van der Waals surface area contributed by atoms with Crippen molar-refractivity contribution in [3.8, 4) is 0 Å². The van der Waals surface area contributed by atoms with Crippen molar-refractivity contribution < 1.29 is 27.5 Å². The average Bonchev–Trinajstić information content (AvgIpc) is 3.21. The van der Waals surface area contributed by atoms with E-state index in [0.29, 0.717) is 5.56 Å². The summed E-state index contributed by atoms with van der Waals surface area (Å²) in [4.78, 5) is 28.0. The number of morpholine rings is 1. The molecule has 2 atom stereocenters. The Balaban J connectivity index is 1.51. The number of ketones is 1. The number of aromatic amines is 1. The number of nitrogens with zero attached hydrogens (tertiary/aromatic N) is 1. The van der Waals surface area contributed by atoms with Crippen molar-refractivity contribution in [2.24, 2.45) is 0 Å². The van der Waals surface area contributed by atoms with Gasteiger partial charge in [-0.1, -0.05) is 29.8 Å². The topological polar surface area (TPSA) is 106 Å². The Labute approximate surface area is 196 Å². The summed E-state index contributed by atoms with van der Waals surface area (Å²) in [5.41, 5.74) is 1.19. The maximum absolute atomic E-state index is 13.2. The molecular formula is C23H23ClN2O6S. The third kappa shape index (κ3) is 4.81. The van der Waals surface area contributed by atoms with Gasteiger partial charge in [0.1, 0.15) is 4.90 Å². The fraction of sp³-hybridized carbons (Fsp3) is 0.304. The average molecular weight is 491 g/mol. The maximum Gasteiger partial charge on any atom is 0.338 e. The molecule has 8 nitrogen and oxygen atoms in total. The highest BCUT2D eigenvalue weighted by atomic mass is 35.5. The second kappa shape index (κ2) is 9.26. The van der Waals surface area contributed by atoms with Gasteiger partial charge in [-0.15, -0.1) is 0 Å². The van der Waals surface area contributed by atoms with E-state index >= 15 is 0 Å². The zero-order valence-corrected chi connectivity index (χ0v) is 19.7. The molecule has 0 bridgehead atoms. The van der Waals surface area contributed by atoms with Crippen LogP contribution in [0.4, 0.5) is 0 Å². The van der Waals surface area contributed by atoms with Crippen LogP contribution < -0.4 is 0 Å². The van der Waals surface area contributed by atoms with Crippen LogP contribution in [0.3, 0.4) is 0 Å². The predicted octanol–water partition coefficient (Wildman–Crippen LogP) is 3.66. The highest BCUT2D eigenvalue weighted by Crippen LogP contribution is 2.28. The first-order valence-electron chi connectivity index (χ1n) is 10.4. The number of rotatable bonds is 6. The number of carbonyl (C=O) groups excluding carboxylic acids is 2. The van der Waals surface area contributed by atoms with E-state index in [-0.39, 0.29) is 46.6 Å². The van der Waals surface area contributed by atoms with Gasteiger partial charge in [0.25, 0.3) is 0 Å². The lowest BCUT2D eigenvalue weighted by Gasteiger charge is -2.34. The number of benzene rings is 2. The van der Waals surface area contributed by atoms with Crippen LogP contribution in [0.2, 0.25) is 5.02 Å². The van der Waals surface area contributed by atoms with E-state index in [1.165, 1.54) is 22.5 Å². The Kier molecular flexibility index (Phi) is 6.58. The summed E-state index contributed by atoms with van der Waals surface area (Å²) in [7, 11) is -3.96. The van der Waals surface area contributed by atoms with Gasteiger partial charge in [-0.05, 0) is 38.1 Å². The first-order chi connectivity index (χ1) is 15.7. The Morgan fingerprint density at radius 3 is 2.58 bits per heavy atom. The molecule has 1 saturated heterocycles. The van der Waals surface area contributed by atoms with Crippen molar-refractivity contribution in [1.82, 2.24) is 9.29 Å². The molecule has 1 N–H and O–H groups in total. The van der Waals surface area contributed by atoms with Crippen LogP contribution in [0.15, 0.2) is 53.6 Å². The highest BCUT2D eigenvalue weighted by molar-refractivity contribution is 7.89. The first kappa shape index (κ1) is 23.4. The van der Waals surface area contributed by atoms with Crippen molar-refractivity contribution in [3.05, 3.63) is 64.8 Å². The van der Waals surface area contributed by atoms with Gasteiger partial charge in [0, 0.05) is 35.8 Å². The molecule has 10 heteroatoms. The van der Waals surface area contributed by atoms with Crippen LogP contribution in [0.1, 0.15) is 34.6 Å². The number of ether oxygens (including phenoxy) is 2. The molecule has 0 aliphatic carbocycles. The summed E-state index contributed by atoms with van der Waals surface area (Å²) < 4.78 is 38.5. The number of nitrogens with one attached hydrogen (secondary N) is 1. The number of fused-ring (bicyclic) bond motifs is 1. The molecule has 2 aromatic carbocycles. The number of Topliss-reactive ketones (excluding diaryl/α,β-unsaturated/α-hetero) is 1. The van der Waals surface area contributed by atoms with Gasteiger partial charge in [0.2, 0.25) is 15.8 Å². The number of halogens is 1. The van der Waals surface area contributed by atoms with Crippen LogP contribution >= 0.6 is 11.6 Å². The molecule has 0 amide bonds. The number of esters is 1. The maximum atomic E-state index is 13.2. The molecule has 1 aliphatic heterocycles. The van der Waals surface area contributed by atoms with E-state index in [1.807, 2.05) is 18.2 Å². The van der Waals surface area contributed by atoms with Crippen LogP contribution in [0.25, 0.3) is 10.9 Å². The molecule has 0 saturated carbocycles. The Hall–Kier alpha value is -2.72. The normalized spacial score (nSPS) is 19.5.